The molecular formula is C24H26N2O4. The lowest BCUT2D eigenvalue weighted by Gasteiger charge is -2.24. The molecule has 2 aromatic carbocycles. The van der Waals surface area contributed by atoms with Crippen molar-refractivity contribution in [1.29, 1.82) is 0 Å². The second kappa shape index (κ2) is 9.84. The largest absolute Gasteiger partial charge is 0.451 e. The van der Waals surface area contributed by atoms with E-state index < -0.39 is 6.09 Å². The molecule has 30 heavy (non-hydrogen) atoms. The molecule has 1 amide bonds. The molecule has 0 saturated heterocycles. The SMILES string of the molecule is CC#Cc1cccc2c1CCCC2ON=C(C)c1ccc(C)c(ONC(=O)OC)c1. The number of hydrogen-bond acceptors (Lipinski definition) is 5. The number of amides is 1. The summed E-state index contributed by atoms with van der Waals surface area (Å²) in [7, 11) is 1.28. The molecular weight excluding hydrogens is 380 g/mol. The molecule has 0 bridgehead atoms. The van der Waals surface area contributed by atoms with Gasteiger partial charge in [-0.2, -0.15) is 5.48 Å². The van der Waals surface area contributed by atoms with E-state index in [1.807, 2.05) is 39.0 Å². The van der Waals surface area contributed by atoms with Gasteiger partial charge in [-0.25, -0.2) is 4.79 Å². The summed E-state index contributed by atoms with van der Waals surface area (Å²) < 4.78 is 4.52. The summed E-state index contributed by atoms with van der Waals surface area (Å²) in [6, 6.07) is 11.8. The molecule has 1 unspecified atom stereocenters. The maximum Gasteiger partial charge on any atom is 0.440 e. The van der Waals surface area contributed by atoms with Crippen LogP contribution in [0, 0.1) is 18.8 Å². The Labute approximate surface area is 177 Å². The molecule has 0 radical (unpaired) electrons. The van der Waals surface area contributed by atoms with Crippen molar-refractivity contribution in [2.24, 2.45) is 5.16 Å². The van der Waals surface area contributed by atoms with Gasteiger partial charge in [-0.1, -0.05) is 35.3 Å². The van der Waals surface area contributed by atoms with Gasteiger partial charge in [0.2, 0.25) is 0 Å². The van der Waals surface area contributed by atoms with Gasteiger partial charge in [-0.15, -0.1) is 5.92 Å². The fourth-order valence-corrected chi connectivity index (χ4v) is 3.44. The van der Waals surface area contributed by atoms with Crippen molar-refractivity contribution >= 4 is 11.8 Å². The number of carbonyl (C=O) groups excluding carboxylic acids is 1. The second-order valence-electron chi connectivity index (χ2n) is 7.09. The molecule has 1 aliphatic carbocycles. The Morgan fingerprint density at radius 3 is 2.87 bits per heavy atom. The molecule has 1 N–H and O–H groups in total. The number of oxime groups is 1. The Hall–Kier alpha value is -3.46. The highest BCUT2D eigenvalue weighted by atomic mass is 16.7. The minimum atomic E-state index is -0.670. The summed E-state index contributed by atoms with van der Waals surface area (Å²) in [5.74, 6) is 6.69. The molecule has 156 valence electrons. The molecule has 1 atom stereocenters. The van der Waals surface area contributed by atoms with Gasteiger partial charge in [0.25, 0.3) is 0 Å². The van der Waals surface area contributed by atoms with Crippen molar-refractivity contribution in [3.63, 3.8) is 0 Å². The van der Waals surface area contributed by atoms with Crippen LogP contribution in [0.5, 0.6) is 5.75 Å². The van der Waals surface area contributed by atoms with Crippen LogP contribution < -0.4 is 10.3 Å². The van der Waals surface area contributed by atoms with Gasteiger partial charge in [-0.05, 0) is 68.9 Å². The smallest absolute Gasteiger partial charge is 0.440 e. The normalized spacial score (nSPS) is 15.3. The quantitative estimate of drug-likeness (QED) is 0.438. The lowest BCUT2D eigenvalue weighted by atomic mass is 9.86. The van der Waals surface area contributed by atoms with Crippen LogP contribution in [-0.4, -0.2) is 18.9 Å². The molecule has 6 nitrogen and oxygen atoms in total. The summed E-state index contributed by atoms with van der Waals surface area (Å²) in [5, 5.41) is 4.39. The molecule has 6 heteroatoms. The van der Waals surface area contributed by atoms with Gasteiger partial charge in [0.1, 0.15) is 0 Å². The number of ether oxygens (including phenoxy) is 1. The summed E-state index contributed by atoms with van der Waals surface area (Å²) in [6.45, 7) is 5.62. The van der Waals surface area contributed by atoms with Gasteiger partial charge >= 0.3 is 6.09 Å². The van der Waals surface area contributed by atoms with Crippen LogP contribution in [0.1, 0.15) is 60.6 Å². The predicted molar refractivity (Wildman–Crippen MR) is 115 cm³/mol. The van der Waals surface area contributed by atoms with Gasteiger partial charge < -0.3 is 14.4 Å². The predicted octanol–water partition coefficient (Wildman–Crippen LogP) is 4.83. The number of methoxy groups -OCH3 is 1. The third-order valence-corrected chi connectivity index (χ3v) is 5.06. The first-order valence-corrected chi connectivity index (χ1v) is 9.90. The topological polar surface area (TPSA) is 69.2 Å². The molecule has 0 saturated carbocycles. The number of nitrogens with one attached hydrogen (secondary N) is 1. The number of rotatable bonds is 5. The van der Waals surface area contributed by atoms with Crippen LogP contribution >= 0.6 is 0 Å². The zero-order chi connectivity index (χ0) is 21.5. The molecule has 0 heterocycles. The average molecular weight is 406 g/mol. The van der Waals surface area contributed by atoms with Crippen LogP contribution in [0.3, 0.4) is 0 Å². The Morgan fingerprint density at radius 2 is 2.10 bits per heavy atom. The van der Waals surface area contributed by atoms with Crippen molar-refractivity contribution in [3.8, 4) is 17.6 Å². The number of aryl methyl sites for hydroxylation is 1. The van der Waals surface area contributed by atoms with Crippen molar-refractivity contribution in [3.05, 3.63) is 64.2 Å². The van der Waals surface area contributed by atoms with Gasteiger partial charge in [0.05, 0.1) is 12.8 Å². The van der Waals surface area contributed by atoms with Crippen LogP contribution in [0.15, 0.2) is 41.6 Å². The first-order chi connectivity index (χ1) is 14.5. The van der Waals surface area contributed by atoms with E-state index >= 15 is 0 Å². The van der Waals surface area contributed by atoms with E-state index in [0.717, 1.165) is 47.2 Å². The highest BCUT2D eigenvalue weighted by molar-refractivity contribution is 5.98. The Morgan fingerprint density at radius 1 is 1.27 bits per heavy atom. The third-order valence-electron chi connectivity index (χ3n) is 5.06. The van der Waals surface area contributed by atoms with Crippen LogP contribution in [0.25, 0.3) is 0 Å². The minimum absolute atomic E-state index is 0.0931. The van der Waals surface area contributed by atoms with Gasteiger partial charge in [0, 0.05) is 11.1 Å². The van der Waals surface area contributed by atoms with Gasteiger partial charge in [-0.3, -0.25) is 0 Å². The van der Waals surface area contributed by atoms with Crippen molar-refractivity contribution < 1.29 is 19.2 Å². The second-order valence-corrected chi connectivity index (χ2v) is 7.09. The average Bonchev–Trinajstić information content (AvgIpc) is 2.77. The maximum atomic E-state index is 11.2. The Balaban J connectivity index is 1.77. The molecule has 0 aliphatic heterocycles. The van der Waals surface area contributed by atoms with Crippen LogP contribution in [-0.2, 0) is 16.0 Å². The Bertz CT molecular complexity index is 1020. The van der Waals surface area contributed by atoms with E-state index in [4.69, 9.17) is 9.68 Å². The van der Waals surface area contributed by atoms with Crippen LogP contribution in [0.2, 0.25) is 0 Å². The standard InChI is InChI=1S/C24H26N2O4/c1-5-8-18-9-6-11-21-20(18)10-7-12-22(21)29-25-17(3)19-14-13-16(2)23(15-19)30-26-24(27)28-4/h6,9,11,13-15,22H,7,10,12H2,1-4H3,(H,26,27). The summed E-state index contributed by atoms with van der Waals surface area (Å²) in [6.07, 6.45) is 2.20. The van der Waals surface area contributed by atoms with E-state index in [1.165, 1.54) is 12.7 Å². The first kappa shape index (κ1) is 21.3. The lowest BCUT2D eigenvalue weighted by Crippen LogP contribution is -2.27. The van der Waals surface area contributed by atoms with Crippen molar-refractivity contribution in [2.75, 3.05) is 7.11 Å². The first-order valence-electron chi connectivity index (χ1n) is 9.90. The van der Waals surface area contributed by atoms with E-state index in [1.54, 1.807) is 6.07 Å². The molecule has 0 spiro atoms. The van der Waals surface area contributed by atoms with Crippen LogP contribution in [0.4, 0.5) is 4.79 Å². The fourth-order valence-electron chi connectivity index (χ4n) is 3.44. The Kier molecular flexibility index (Phi) is 6.97. The molecule has 3 rings (SSSR count). The highest BCUT2D eigenvalue weighted by Crippen LogP contribution is 2.34. The van der Waals surface area contributed by atoms with E-state index in [-0.39, 0.29) is 6.10 Å². The van der Waals surface area contributed by atoms with E-state index in [2.05, 4.69) is 39.3 Å². The third kappa shape index (κ3) is 4.93. The lowest BCUT2D eigenvalue weighted by molar-refractivity contribution is 0.0459. The number of benzene rings is 2. The van der Waals surface area contributed by atoms with E-state index in [9.17, 15) is 4.79 Å². The number of nitrogens with zero attached hydrogens (tertiary/aromatic N) is 1. The monoisotopic (exact) mass is 406 g/mol. The number of hydroxylamine groups is 1. The molecule has 0 aromatic heterocycles. The highest BCUT2D eigenvalue weighted by Gasteiger charge is 2.23. The number of hydrogen-bond donors (Lipinski definition) is 1. The van der Waals surface area contributed by atoms with Gasteiger partial charge in [0.15, 0.2) is 11.9 Å². The number of carbonyl (C=O) groups is 1. The zero-order valence-corrected chi connectivity index (χ0v) is 17.7. The van der Waals surface area contributed by atoms with E-state index in [0.29, 0.717) is 5.75 Å². The molecule has 2 aromatic rings. The molecule has 1 aliphatic rings. The summed E-state index contributed by atoms with van der Waals surface area (Å²) in [5.41, 5.74) is 8.14. The fraction of sp³-hybridized carbons (Fsp3) is 0.333. The minimum Gasteiger partial charge on any atom is -0.451 e. The molecule has 0 fully saturated rings. The summed E-state index contributed by atoms with van der Waals surface area (Å²) in [4.78, 5) is 22.5. The van der Waals surface area contributed by atoms with Crippen molar-refractivity contribution in [1.82, 2.24) is 5.48 Å². The summed E-state index contributed by atoms with van der Waals surface area (Å²) >= 11 is 0. The van der Waals surface area contributed by atoms with Crippen molar-refractivity contribution in [2.45, 2.75) is 46.1 Å². The number of fused-ring (bicyclic) bond motifs is 1. The zero-order valence-electron chi connectivity index (χ0n) is 17.7. The maximum absolute atomic E-state index is 11.2.